The van der Waals surface area contributed by atoms with E-state index in [0.29, 0.717) is 6.04 Å². The second-order valence-electron chi connectivity index (χ2n) is 6.18. The van der Waals surface area contributed by atoms with Crippen LogP contribution in [0.2, 0.25) is 0 Å². The summed E-state index contributed by atoms with van der Waals surface area (Å²) in [5.74, 6) is 0. The third-order valence-electron chi connectivity index (χ3n) is 4.51. The van der Waals surface area contributed by atoms with Crippen LogP contribution in [0.15, 0.2) is 0 Å². The molecule has 0 bridgehead atoms. The molecule has 3 heteroatoms. The van der Waals surface area contributed by atoms with Gasteiger partial charge in [-0.25, -0.2) is 0 Å². The lowest BCUT2D eigenvalue weighted by Gasteiger charge is -2.37. The van der Waals surface area contributed by atoms with Gasteiger partial charge in [0.1, 0.15) is 0 Å². The normalized spacial score (nSPS) is 26.2. The number of nitrogens with one attached hydrogen (secondary N) is 1. The van der Waals surface area contributed by atoms with Crippen molar-refractivity contribution < 1.29 is 0 Å². The molecule has 1 aliphatic rings. The summed E-state index contributed by atoms with van der Waals surface area (Å²) >= 11 is 0. The lowest BCUT2D eigenvalue weighted by Crippen LogP contribution is -2.46. The smallest absolute Gasteiger partial charge is 0.00910 e. The van der Waals surface area contributed by atoms with Gasteiger partial charge in [0.05, 0.1) is 0 Å². The third kappa shape index (κ3) is 5.25. The summed E-state index contributed by atoms with van der Waals surface area (Å²) in [5.41, 5.74) is 0. The summed E-state index contributed by atoms with van der Waals surface area (Å²) in [7, 11) is 4.32. The van der Waals surface area contributed by atoms with E-state index in [0.717, 1.165) is 12.1 Å². The molecule has 0 amide bonds. The molecule has 0 aromatic heterocycles. The summed E-state index contributed by atoms with van der Waals surface area (Å²) in [5, 5.41) is 3.42. The van der Waals surface area contributed by atoms with Gasteiger partial charge in [0.15, 0.2) is 0 Å². The largest absolute Gasteiger partial charge is 0.317 e. The van der Waals surface area contributed by atoms with Crippen LogP contribution in [0.1, 0.15) is 46.5 Å². The van der Waals surface area contributed by atoms with Crippen LogP contribution in [0, 0.1) is 0 Å². The number of rotatable bonds is 7. The fourth-order valence-electron chi connectivity index (χ4n) is 2.75. The first-order valence-electron chi connectivity index (χ1n) is 7.66. The highest BCUT2D eigenvalue weighted by atomic mass is 15.2. The molecule has 2 atom stereocenters. The summed E-state index contributed by atoms with van der Waals surface area (Å²) < 4.78 is 0. The van der Waals surface area contributed by atoms with E-state index >= 15 is 0 Å². The summed E-state index contributed by atoms with van der Waals surface area (Å²) in [4.78, 5) is 5.11. The highest BCUT2D eigenvalue weighted by Crippen LogP contribution is 2.17. The van der Waals surface area contributed by atoms with Crippen molar-refractivity contribution in [1.29, 1.82) is 0 Å². The Balaban J connectivity index is 2.12. The Labute approximate surface area is 114 Å². The molecule has 0 aromatic rings. The van der Waals surface area contributed by atoms with Gasteiger partial charge in [-0.3, -0.25) is 0 Å². The molecule has 1 heterocycles. The monoisotopic (exact) mass is 255 g/mol. The fraction of sp³-hybridized carbons (Fsp3) is 1.00. The number of hydrogen-bond acceptors (Lipinski definition) is 3. The first-order chi connectivity index (χ1) is 8.54. The van der Waals surface area contributed by atoms with E-state index in [1.165, 1.54) is 45.3 Å². The Bertz CT molecular complexity index is 218. The van der Waals surface area contributed by atoms with Gasteiger partial charge < -0.3 is 15.1 Å². The van der Waals surface area contributed by atoms with Crippen LogP contribution in [0.5, 0.6) is 0 Å². The van der Waals surface area contributed by atoms with E-state index in [-0.39, 0.29) is 0 Å². The van der Waals surface area contributed by atoms with Crippen LogP contribution in [-0.2, 0) is 0 Å². The first-order valence-corrected chi connectivity index (χ1v) is 7.66. The molecule has 18 heavy (non-hydrogen) atoms. The molecule has 108 valence electrons. The van der Waals surface area contributed by atoms with Gasteiger partial charge in [-0.1, -0.05) is 0 Å². The highest BCUT2D eigenvalue weighted by molar-refractivity contribution is 4.81. The molecular formula is C15H33N3. The maximum Gasteiger partial charge on any atom is 0.00910 e. The lowest BCUT2D eigenvalue weighted by molar-refractivity contribution is 0.134. The number of nitrogens with zero attached hydrogens (tertiary/aromatic N) is 2. The van der Waals surface area contributed by atoms with Crippen LogP contribution < -0.4 is 5.32 Å². The van der Waals surface area contributed by atoms with Crippen molar-refractivity contribution >= 4 is 0 Å². The van der Waals surface area contributed by atoms with Crippen LogP contribution in [-0.4, -0.2) is 61.7 Å². The molecule has 0 radical (unpaired) electrons. The SMILES string of the molecule is CNC1CCN(CCCCN(C)C(C)C)C(C)C1. The highest BCUT2D eigenvalue weighted by Gasteiger charge is 2.23. The van der Waals surface area contributed by atoms with Crippen LogP contribution >= 0.6 is 0 Å². The quantitative estimate of drug-likeness (QED) is 0.704. The molecule has 0 spiro atoms. The Hall–Kier alpha value is -0.120. The van der Waals surface area contributed by atoms with Crippen molar-refractivity contribution in [2.75, 3.05) is 33.7 Å². The van der Waals surface area contributed by atoms with Gasteiger partial charge in [0.25, 0.3) is 0 Å². The van der Waals surface area contributed by atoms with E-state index < -0.39 is 0 Å². The van der Waals surface area contributed by atoms with Crippen molar-refractivity contribution in [3.05, 3.63) is 0 Å². The minimum absolute atomic E-state index is 0.676. The van der Waals surface area contributed by atoms with Crippen molar-refractivity contribution in [2.45, 2.75) is 64.6 Å². The second kappa shape index (κ2) is 8.13. The molecule has 0 aromatic carbocycles. The molecule has 1 N–H and O–H groups in total. The molecule has 3 nitrogen and oxygen atoms in total. The van der Waals surface area contributed by atoms with E-state index in [1.54, 1.807) is 0 Å². The predicted molar refractivity (Wildman–Crippen MR) is 80.1 cm³/mol. The third-order valence-corrected chi connectivity index (χ3v) is 4.51. The predicted octanol–water partition coefficient (Wildman–Crippen LogP) is 2.18. The zero-order chi connectivity index (χ0) is 13.5. The van der Waals surface area contributed by atoms with Gasteiger partial charge in [0.2, 0.25) is 0 Å². The van der Waals surface area contributed by atoms with Crippen molar-refractivity contribution in [3.63, 3.8) is 0 Å². The van der Waals surface area contributed by atoms with Crippen molar-refractivity contribution in [2.24, 2.45) is 0 Å². The van der Waals surface area contributed by atoms with Crippen molar-refractivity contribution in [1.82, 2.24) is 15.1 Å². The van der Waals surface area contributed by atoms with Gasteiger partial charge in [0, 0.05) is 18.1 Å². The molecule has 0 saturated carbocycles. The Morgan fingerprint density at radius 3 is 2.61 bits per heavy atom. The van der Waals surface area contributed by atoms with Crippen molar-refractivity contribution in [3.8, 4) is 0 Å². The van der Waals surface area contributed by atoms with Gasteiger partial charge in [-0.05, 0) is 80.2 Å². The average molecular weight is 255 g/mol. The number of piperidine rings is 1. The summed E-state index contributed by atoms with van der Waals surface area (Å²) in [6.07, 6.45) is 5.29. The minimum atomic E-state index is 0.676. The second-order valence-corrected chi connectivity index (χ2v) is 6.18. The zero-order valence-electron chi connectivity index (χ0n) is 13.1. The maximum atomic E-state index is 3.42. The van der Waals surface area contributed by atoms with E-state index in [2.05, 4.69) is 50.0 Å². The summed E-state index contributed by atoms with van der Waals surface area (Å²) in [6, 6.07) is 2.16. The maximum absolute atomic E-state index is 3.42. The fourth-order valence-corrected chi connectivity index (χ4v) is 2.75. The lowest BCUT2D eigenvalue weighted by atomic mass is 9.98. The molecule has 0 aliphatic carbocycles. The number of unbranched alkanes of at least 4 members (excludes halogenated alkanes) is 1. The van der Waals surface area contributed by atoms with Crippen LogP contribution in [0.3, 0.4) is 0 Å². The number of likely N-dealkylation sites (tertiary alicyclic amines) is 1. The van der Waals surface area contributed by atoms with Gasteiger partial charge in [-0.2, -0.15) is 0 Å². The molecule has 1 saturated heterocycles. The molecule has 1 rings (SSSR count). The van der Waals surface area contributed by atoms with Gasteiger partial charge in [-0.15, -0.1) is 0 Å². The van der Waals surface area contributed by atoms with Crippen LogP contribution in [0.25, 0.3) is 0 Å². The molecule has 1 fully saturated rings. The number of hydrogen-bond donors (Lipinski definition) is 1. The van der Waals surface area contributed by atoms with E-state index in [4.69, 9.17) is 0 Å². The zero-order valence-corrected chi connectivity index (χ0v) is 13.1. The Kier molecular flexibility index (Phi) is 7.20. The van der Waals surface area contributed by atoms with E-state index in [9.17, 15) is 0 Å². The van der Waals surface area contributed by atoms with E-state index in [1.807, 2.05) is 0 Å². The standard InChI is InChI=1S/C15H33N3/c1-13(2)17(5)9-6-7-10-18-11-8-15(16-4)12-14(18)3/h13-16H,6-12H2,1-5H3. The molecular weight excluding hydrogens is 222 g/mol. The molecule has 1 aliphatic heterocycles. The first kappa shape index (κ1) is 15.9. The Morgan fingerprint density at radius 1 is 1.33 bits per heavy atom. The topological polar surface area (TPSA) is 18.5 Å². The summed E-state index contributed by atoms with van der Waals surface area (Å²) in [6.45, 7) is 10.7. The minimum Gasteiger partial charge on any atom is -0.317 e. The van der Waals surface area contributed by atoms with Gasteiger partial charge >= 0.3 is 0 Å². The van der Waals surface area contributed by atoms with Crippen LogP contribution in [0.4, 0.5) is 0 Å². The molecule has 2 unspecified atom stereocenters. The average Bonchev–Trinajstić information content (AvgIpc) is 2.35. The Morgan fingerprint density at radius 2 is 2.06 bits per heavy atom.